The Morgan fingerprint density at radius 1 is 0.500 bits per heavy atom. The van der Waals surface area contributed by atoms with E-state index < -0.39 is 26.5 Å². The minimum atomic E-state index is -4.38. The normalized spacial score (nSPS) is 13.6. The lowest BCUT2D eigenvalue weighted by Crippen LogP contribution is -2.37. The van der Waals surface area contributed by atoms with Gasteiger partial charge in [-0.2, -0.15) is 0 Å². The number of carbonyl (C=O) groups excluding carboxylic acids is 2. The van der Waals surface area contributed by atoms with E-state index in [1.807, 2.05) is 21.1 Å². The molecule has 0 aromatic heterocycles. The van der Waals surface area contributed by atoms with Gasteiger partial charge >= 0.3 is 19.8 Å². The monoisotopic (exact) mass is 871 g/mol. The molecular formula is C50H97NO8P+. The Bertz CT molecular complexity index is 1070. The molecule has 0 saturated heterocycles. The fourth-order valence-electron chi connectivity index (χ4n) is 7.00. The van der Waals surface area contributed by atoms with E-state index in [4.69, 9.17) is 18.5 Å². The quantitative estimate of drug-likeness (QED) is 0.0212. The standard InChI is InChI=1S/C50H96NO8P/c1-6-8-10-12-14-16-18-20-22-23-24-25-26-27-29-30-32-34-36-38-40-42-49(52)56-46-48(47-58-60(54,55)57-45-44-51(3,4)5)59-50(53)43-41-39-37-35-33-31-28-21-19-17-15-13-11-9-7-2/h20-22,28,48H,6-19,23-27,29-47H2,1-5H3/p+1/b22-20-,28-21-/t48-/m1/s1. The molecule has 10 heteroatoms. The number of phosphoric ester groups is 1. The molecule has 0 aliphatic heterocycles. The molecule has 0 spiro atoms. The zero-order valence-corrected chi connectivity index (χ0v) is 40.9. The summed E-state index contributed by atoms with van der Waals surface area (Å²) in [4.78, 5) is 35.5. The average Bonchev–Trinajstić information content (AvgIpc) is 3.20. The number of quaternary nitrogens is 1. The predicted molar refractivity (Wildman–Crippen MR) is 252 cm³/mol. The molecule has 1 N–H and O–H groups in total. The molecule has 0 aromatic rings. The molecule has 0 fully saturated rings. The molecule has 0 heterocycles. The molecule has 0 amide bonds. The Morgan fingerprint density at radius 2 is 0.850 bits per heavy atom. The lowest BCUT2D eigenvalue weighted by molar-refractivity contribution is -0.870. The first-order valence-corrected chi connectivity index (χ1v) is 26.6. The SMILES string of the molecule is CCCCCCCC/C=C\CCCCCCCCCCCCCC(=O)OC[C@H](COP(=O)(O)OCC[N+](C)(C)C)OC(=O)CCCCCCC/C=C\CCCCCCCC. The van der Waals surface area contributed by atoms with Crippen molar-refractivity contribution in [3.63, 3.8) is 0 Å². The number of likely N-dealkylation sites (N-methyl/N-ethyl adjacent to an activating group) is 1. The molecule has 0 aliphatic carbocycles. The van der Waals surface area contributed by atoms with Gasteiger partial charge in [0.1, 0.15) is 19.8 Å². The highest BCUT2D eigenvalue weighted by Crippen LogP contribution is 2.43. The molecule has 0 aliphatic rings. The third-order valence-electron chi connectivity index (χ3n) is 11.0. The maximum Gasteiger partial charge on any atom is 0.472 e. The van der Waals surface area contributed by atoms with Crippen LogP contribution < -0.4 is 0 Å². The third-order valence-corrected chi connectivity index (χ3v) is 11.9. The second-order valence-electron chi connectivity index (χ2n) is 18.2. The number of rotatable bonds is 46. The highest BCUT2D eigenvalue weighted by atomic mass is 31.2. The summed E-state index contributed by atoms with van der Waals surface area (Å²) in [5, 5.41) is 0. The number of hydrogen-bond acceptors (Lipinski definition) is 7. The fourth-order valence-corrected chi connectivity index (χ4v) is 7.75. The van der Waals surface area contributed by atoms with Crippen LogP contribution in [-0.2, 0) is 32.7 Å². The first-order chi connectivity index (χ1) is 29.0. The van der Waals surface area contributed by atoms with Crippen LogP contribution in [0.2, 0.25) is 0 Å². The van der Waals surface area contributed by atoms with Crippen molar-refractivity contribution in [2.75, 3.05) is 47.5 Å². The molecule has 354 valence electrons. The van der Waals surface area contributed by atoms with Crippen LogP contribution in [0.5, 0.6) is 0 Å². The number of phosphoric acid groups is 1. The average molecular weight is 871 g/mol. The van der Waals surface area contributed by atoms with Crippen LogP contribution in [0.15, 0.2) is 24.3 Å². The smallest absolute Gasteiger partial charge is 0.462 e. The number of allylic oxidation sites excluding steroid dienone is 4. The summed E-state index contributed by atoms with van der Waals surface area (Å²) in [6.07, 6.45) is 48.0. The van der Waals surface area contributed by atoms with E-state index in [2.05, 4.69) is 38.2 Å². The summed E-state index contributed by atoms with van der Waals surface area (Å²) in [5.74, 6) is -0.800. The van der Waals surface area contributed by atoms with Crippen molar-refractivity contribution >= 4 is 19.8 Å². The van der Waals surface area contributed by atoms with Crippen molar-refractivity contribution < 1.29 is 42.1 Å². The summed E-state index contributed by atoms with van der Waals surface area (Å²) < 4.78 is 34.4. The van der Waals surface area contributed by atoms with Crippen LogP contribution in [0.1, 0.15) is 232 Å². The van der Waals surface area contributed by atoms with Crippen LogP contribution in [-0.4, -0.2) is 74.9 Å². The van der Waals surface area contributed by atoms with E-state index in [0.717, 1.165) is 51.4 Å². The van der Waals surface area contributed by atoms with Gasteiger partial charge in [-0.15, -0.1) is 0 Å². The number of hydrogen-bond donors (Lipinski definition) is 1. The number of nitrogens with zero attached hydrogens (tertiary/aromatic N) is 1. The number of esters is 2. The van der Waals surface area contributed by atoms with Gasteiger partial charge in [0.2, 0.25) is 0 Å². The molecule has 0 bridgehead atoms. The van der Waals surface area contributed by atoms with Crippen molar-refractivity contribution in [2.24, 2.45) is 0 Å². The zero-order valence-electron chi connectivity index (χ0n) is 40.0. The maximum atomic E-state index is 12.7. The van der Waals surface area contributed by atoms with Crippen molar-refractivity contribution in [2.45, 2.75) is 238 Å². The largest absolute Gasteiger partial charge is 0.472 e. The second-order valence-corrected chi connectivity index (χ2v) is 19.6. The Kier molecular flexibility index (Phi) is 41.7. The topological polar surface area (TPSA) is 108 Å². The molecule has 0 rings (SSSR count). The Morgan fingerprint density at radius 3 is 1.23 bits per heavy atom. The number of carbonyl (C=O) groups is 2. The molecule has 1 unspecified atom stereocenters. The summed E-state index contributed by atoms with van der Waals surface area (Å²) in [5.41, 5.74) is 0. The zero-order chi connectivity index (χ0) is 44.3. The van der Waals surface area contributed by atoms with E-state index in [1.165, 1.54) is 148 Å². The van der Waals surface area contributed by atoms with Crippen LogP contribution in [0.3, 0.4) is 0 Å². The number of ether oxygens (including phenoxy) is 2. The van der Waals surface area contributed by atoms with Crippen molar-refractivity contribution in [1.82, 2.24) is 0 Å². The lowest BCUT2D eigenvalue weighted by atomic mass is 10.0. The van der Waals surface area contributed by atoms with Crippen LogP contribution in [0.4, 0.5) is 0 Å². The number of unbranched alkanes of at least 4 members (excludes halogenated alkanes) is 28. The minimum Gasteiger partial charge on any atom is -0.462 e. The highest BCUT2D eigenvalue weighted by molar-refractivity contribution is 7.47. The lowest BCUT2D eigenvalue weighted by Gasteiger charge is -2.24. The van der Waals surface area contributed by atoms with Gasteiger partial charge in [-0.3, -0.25) is 18.6 Å². The Labute approximate surface area is 370 Å². The van der Waals surface area contributed by atoms with Gasteiger partial charge in [0.25, 0.3) is 0 Å². The van der Waals surface area contributed by atoms with Crippen LogP contribution in [0, 0.1) is 0 Å². The molecule has 2 atom stereocenters. The highest BCUT2D eigenvalue weighted by Gasteiger charge is 2.27. The van der Waals surface area contributed by atoms with E-state index in [9.17, 15) is 19.0 Å². The summed E-state index contributed by atoms with van der Waals surface area (Å²) in [6, 6.07) is 0. The van der Waals surface area contributed by atoms with E-state index in [-0.39, 0.29) is 32.0 Å². The summed E-state index contributed by atoms with van der Waals surface area (Å²) >= 11 is 0. The molecule has 9 nitrogen and oxygen atoms in total. The van der Waals surface area contributed by atoms with E-state index in [0.29, 0.717) is 17.4 Å². The van der Waals surface area contributed by atoms with E-state index in [1.54, 1.807) is 0 Å². The van der Waals surface area contributed by atoms with Crippen molar-refractivity contribution in [1.29, 1.82) is 0 Å². The molecule has 0 aromatic carbocycles. The molecule has 0 radical (unpaired) electrons. The van der Waals surface area contributed by atoms with Gasteiger partial charge in [0.15, 0.2) is 6.10 Å². The van der Waals surface area contributed by atoms with Crippen molar-refractivity contribution in [3.8, 4) is 0 Å². The Hall–Kier alpha value is -1.51. The van der Waals surface area contributed by atoms with Gasteiger partial charge in [0, 0.05) is 12.8 Å². The maximum absolute atomic E-state index is 12.7. The van der Waals surface area contributed by atoms with Gasteiger partial charge in [-0.1, -0.05) is 179 Å². The van der Waals surface area contributed by atoms with E-state index >= 15 is 0 Å². The summed E-state index contributed by atoms with van der Waals surface area (Å²) in [7, 11) is 1.48. The van der Waals surface area contributed by atoms with Crippen LogP contribution >= 0.6 is 7.82 Å². The first kappa shape index (κ1) is 58.5. The predicted octanol–water partition coefficient (Wildman–Crippen LogP) is 14.7. The fraction of sp³-hybridized carbons (Fsp3) is 0.880. The third kappa shape index (κ3) is 46.0. The molecular weight excluding hydrogens is 774 g/mol. The van der Waals surface area contributed by atoms with Gasteiger partial charge in [-0.05, 0) is 64.2 Å². The van der Waals surface area contributed by atoms with Crippen LogP contribution in [0.25, 0.3) is 0 Å². The second kappa shape index (κ2) is 42.8. The van der Waals surface area contributed by atoms with Gasteiger partial charge in [0.05, 0.1) is 27.7 Å². The van der Waals surface area contributed by atoms with Gasteiger partial charge < -0.3 is 18.9 Å². The first-order valence-electron chi connectivity index (χ1n) is 25.1. The van der Waals surface area contributed by atoms with Gasteiger partial charge in [-0.25, -0.2) is 4.57 Å². The Balaban J connectivity index is 4.23. The van der Waals surface area contributed by atoms with Crippen molar-refractivity contribution in [3.05, 3.63) is 24.3 Å². The summed E-state index contributed by atoms with van der Waals surface area (Å²) in [6.45, 7) is 4.43. The minimum absolute atomic E-state index is 0.0316. The molecule has 0 saturated carbocycles. The molecule has 60 heavy (non-hydrogen) atoms.